The molecule has 5 nitrogen and oxygen atoms in total. The third-order valence-corrected chi connectivity index (χ3v) is 1.47. The molecule has 0 bridgehead atoms. The molecule has 0 aromatic carbocycles. The van der Waals surface area contributed by atoms with Gasteiger partial charge in [-0.15, -0.1) is 0 Å². The van der Waals surface area contributed by atoms with Gasteiger partial charge in [-0.25, -0.2) is 0 Å². The maximum absolute atomic E-state index is 5.26. The second-order valence-electron chi connectivity index (χ2n) is 3.04. The van der Waals surface area contributed by atoms with Crippen LogP contribution in [0.5, 0.6) is 0 Å². The standard InChI is InChI=1S/C8H15N3O2/c1-6(2)8-10-7(11-13-8)5-12-4-3-9/h6H,3-5,9H2,1-2H3. The Morgan fingerprint density at radius 1 is 1.54 bits per heavy atom. The van der Waals surface area contributed by atoms with Gasteiger partial charge in [0.1, 0.15) is 6.61 Å². The van der Waals surface area contributed by atoms with E-state index >= 15 is 0 Å². The predicted octanol–water partition coefficient (Wildman–Crippen LogP) is 0.668. The Balaban J connectivity index is 2.40. The van der Waals surface area contributed by atoms with Crippen molar-refractivity contribution < 1.29 is 9.26 Å². The van der Waals surface area contributed by atoms with Gasteiger partial charge in [0.15, 0.2) is 5.82 Å². The average molecular weight is 185 g/mol. The van der Waals surface area contributed by atoms with Crippen molar-refractivity contribution in [3.8, 4) is 0 Å². The Hall–Kier alpha value is -0.940. The Labute approximate surface area is 77.3 Å². The summed E-state index contributed by atoms with van der Waals surface area (Å²) < 4.78 is 10.1. The Bertz CT molecular complexity index is 247. The molecule has 0 saturated carbocycles. The smallest absolute Gasteiger partial charge is 0.229 e. The van der Waals surface area contributed by atoms with Crippen molar-refractivity contribution in [3.05, 3.63) is 11.7 Å². The minimum absolute atomic E-state index is 0.260. The molecule has 5 heteroatoms. The highest BCUT2D eigenvalue weighted by Crippen LogP contribution is 2.10. The zero-order chi connectivity index (χ0) is 9.68. The monoisotopic (exact) mass is 185 g/mol. The first-order chi connectivity index (χ1) is 6.24. The average Bonchev–Trinajstić information content (AvgIpc) is 2.53. The van der Waals surface area contributed by atoms with Crippen LogP contribution in [0, 0.1) is 0 Å². The van der Waals surface area contributed by atoms with Crippen LogP contribution in [0.4, 0.5) is 0 Å². The summed E-state index contributed by atoms with van der Waals surface area (Å²) in [4.78, 5) is 4.14. The molecule has 0 fully saturated rings. The zero-order valence-corrected chi connectivity index (χ0v) is 7.99. The Morgan fingerprint density at radius 3 is 2.85 bits per heavy atom. The number of ether oxygens (including phenoxy) is 1. The number of hydrogen-bond acceptors (Lipinski definition) is 5. The molecule has 1 aromatic heterocycles. The van der Waals surface area contributed by atoms with Crippen molar-refractivity contribution in [2.24, 2.45) is 5.73 Å². The van der Waals surface area contributed by atoms with Crippen LogP contribution in [0.3, 0.4) is 0 Å². The first-order valence-electron chi connectivity index (χ1n) is 4.34. The van der Waals surface area contributed by atoms with Gasteiger partial charge in [0.2, 0.25) is 5.89 Å². The van der Waals surface area contributed by atoms with Gasteiger partial charge in [0, 0.05) is 12.5 Å². The maximum Gasteiger partial charge on any atom is 0.229 e. The molecule has 0 aliphatic carbocycles. The quantitative estimate of drug-likeness (QED) is 0.682. The van der Waals surface area contributed by atoms with Gasteiger partial charge in [-0.05, 0) is 0 Å². The summed E-state index contributed by atoms with van der Waals surface area (Å²) in [6, 6.07) is 0. The van der Waals surface area contributed by atoms with Crippen LogP contribution in [-0.4, -0.2) is 23.3 Å². The molecule has 1 aromatic rings. The second-order valence-corrected chi connectivity index (χ2v) is 3.04. The van der Waals surface area contributed by atoms with Crippen LogP contribution in [0.25, 0.3) is 0 Å². The summed E-state index contributed by atoms with van der Waals surface area (Å²) in [5.41, 5.74) is 5.26. The molecule has 0 spiro atoms. The molecule has 13 heavy (non-hydrogen) atoms. The van der Waals surface area contributed by atoms with Crippen molar-refractivity contribution in [2.45, 2.75) is 26.4 Å². The lowest BCUT2D eigenvalue weighted by Crippen LogP contribution is -2.08. The van der Waals surface area contributed by atoms with E-state index in [0.717, 1.165) is 0 Å². The van der Waals surface area contributed by atoms with E-state index in [9.17, 15) is 0 Å². The van der Waals surface area contributed by atoms with Gasteiger partial charge in [-0.1, -0.05) is 19.0 Å². The number of nitrogens with two attached hydrogens (primary N) is 1. The fourth-order valence-electron chi connectivity index (χ4n) is 0.807. The van der Waals surface area contributed by atoms with Crippen LogP contribution < -0.4 is 5.73 Å². The van der Waals surface area contributed by atoms with Gasteiger partial charge in [0.05, 0.1) is 6.61 Å². The number of aromatic nitrogens is 2. The minimum Gasteiger partial charge on any atom is -0.372 e. The Morgan fingerprint density at radius 2 is 2.31 bits per heavy atom. The molecular formula is C8H15N3O2. The van der Waals surface area contributed by atoms with E-state index < -0.39 is 0 Å². The normalized spacial score (nSPS) is 11.1. The minimum atomic E-state index is 0.260. The van der Waals surface area contributed by atoms with E-state index in [-0.39, 0.29) is 5.92 Å². The molecular weight excluding hydrogens is 170 g/mol. The first kappa shape index (κ1) is 10.1. The predicted molar refractivity (Wildman–Crippen MR) is 47.1 cm³/mol. The van der Waals surface area contributed by atoms with Crippen molar-refractivity contribution in [1.29, 1.82) is 0 Å². The summed E-state index contributed by atoms with van der Waals surface area (Å²) in [7, 11) is 0. The van der Waals surface area contributed by atoms with Gasteiger partial charge in [0.25, 0.3) is 0 Å². The van der Waals surface area contributed by atoms with E-state index in [4.69, 9.17) is 15.0 Å². The lowest BCUT2D eigenvalue weighted by Gasteiger charge is -1.96. The zero-order valence-electron chi connectivity index (χ0n) is 7.99. The molecule has 0 aliphatic rings. The van der Waals surface area contributed by atoms with Crippen LogP contribution in [0.15, 0.2) is 4.52 Å². The van der Waals surface area contributed by atoms with Gasteiger partial charge >= 0.3 is 0 Å². The molecule has 0 amide bonds. The third kappa shape index (κ3) is 3.12. The van der Waals surface area contributed by atoms with Gasteiger partial charge < -0.3 is 15.0 Å². The summed E-state index contributed by atoms with van der Waals surface area (Å²) in [5, 5.41) is 3.76. The summed E-state index contributed by atoms with van der Waals surface area (Å²) in [6.07, 6.45) is 0. The van der Waals surface area contributed by atoms with Gasteiger partial charge in [-0.2, -0.15) is 4.98 Å². The van der Waals surface area contributed by atoms with E-state index in [1.807, 2.05) is 13.8 Å². The highest BCUT2D eigenvalue weighted by Gasteiger charge is 2.08. The summed E-state index contributed by atoms with van der Waals surface area (Å²) in [5.74, 6) is 1.49. The first-order valence-corrected chi connectivity index (χ1v) is 4.34. The van der Waals surface area contributed by atoms with Crippen molar-refractivity contribution in [1.82, 2.24) is 10.1 Å². The highest BCUT2D eigenvalue weighted by atomic mass is 16.5. The lowest BCUT2D eigenvalue weighted by molar-refractivity contribution is 0.120. The summed E-state index contributed by atoms with van der Waals surface area (Å²) in [6.45, 7) is 5.39. The largest absolute Gasteiger partial charge is 0.372 e. The van der Waals surface area contributed by atoms with Crippen LogP contribution in [-0.2, 0) is 11.3 Å². The van der Waals surface area contributed by atoms with Crippen LogP contribution in [0.1, 0.15) is 31.5 Å². The topological polar surface area (TPSA) is 74.2 Å². The Kier molecular flexibility index (Phi) is 3.85. The molecule has 74 valence electrons. The lowest BCUT2D eigenvalue weighted by atomic mass is 10.2. The molecule has 0 saturated heterocycles. The molecule has 1 rings (SSSR count). The van der Waals surface area contributed by atoms with E-state index in [0.29, 0.717) is 31.5 Å². The molecule has 0 atom stereocenters. The van der Waals surface area contributed by atoms with Crippen molar-refractivity contribution in [3.63, 3.8) is 0 Å². The SMILES string of the molecule is CC(C)c1nc(COCCN)no1. The van der Waals surface area contributed by atoms with E-state index in [1.165, 1.54) is 0 Å². The molecule has 1 heterocycles. The highest BCUT2D eigenvalue weighted by molar-refractivity contribution is 4.89. The number of hydrogen-bond donors (Lipinski definition) is 1. The molecule has 0 radical (unpaired) electrons. The van der Waals surface area contributed by atoms with E-state index in [1.54, 1.807) is 0 Å². The fraction of sp³-hybridized carbons (Fsp3) is 0.750. The van der Waals surface area contributed by atoms with Crippen LogP contribution >= 0.6 is 0 Å². The summed E-state index contributed by atoms with van der Waals surface area (Å²) >= 11 is 0. The van der Waals surface area contributed by atoms with E-state index in [2.05, 4.69) is 10.1 Å². The number of nitrogens with zero attached hydrogens (tertiary/aromatic N) is 2. The van der Waals surface area contributed by atoms with Gasteiger partial charge in [-0.3, -0.25) is 0 Å². The molecule has 2 N–H and O–H groups in total. The molecule has 0 unspecified atom stereocenters. The van der Waals surface area contributed by atoms with Crippen LogP contribution in [0.2, 0.25) is 0 Å². The molecule has 0 aliphatic heterocycles. The maximum atomic E-state index is 5.26. The number of rotatable bonds is 5. The fourth-order valence-corrected chi connectivity index (χ4v) is 0.807. The third-order valence-electron chi connectivity index (χ3n) is 1.47. The van der Waals surface area contributed by atoms with Crippen molar-refractivity contribution >= 4 is 0 Å². The van der Waals surface area contributed by atoms with Crippen molar-refractivity contribution in [2.75, 3.05) is 13.2 Å². The second kappa shape index (κ2) is 4.94.